The Morgan fingerprint density at radius 3 is 2.38 bits per heavy atom. The fraction of sp³-hybridized carbons (Fsp3) is 0.500. The molecule has 0 saturated carbocycles. The minimum Gasteiger partial charge on any atom is -0.342 e. The van der Waals surface area contributed by atoms with Gasteiger partial charge in [0.2, 0.25) is 22.3 Å². The van der Waals surface area contributed by atoms with Gasteiger partial charge in [-0.3, -0.25) is 13.9 Å². The Bertz CT molecular complexity index is 697. The van der Waals surface area contributed by atoms with Crippen LogP contribution in [0.4, 0.5) is 5.69 Å². The number of carbonyl (C=O) groups excluding carboxylic acids is 2. The second-order valence-corrected chi connectivity index (χ2v) is 7.80. The predicted octanol–water partition coefficient (Wildman–Crippen LogP) is 0.452. The van der Waals surface area contributed by atoms with E-state index in [4.69, 9.17) is 0 Å². The zero-order chi connectivity index (χ0) is 17.7. The van der Waals surface area contributed by atoms with Gasteiger partial charge in [-0.25, -0.2) is 8.42 Å². The first-order valence-electron chi connectivity index (χ1n) is 7.83. The summed E-state index contributed by atoms with van der Waals surface area (Å²) < 4.78 is 25.5. The zero-order valence-electron chi connectivity index (χ0n) is 14.0. The summed E-state index contributed by atoms with van der Waals surface area (Å²) in [6.45, 7) is 3.96. The van der Waals surface area contributed by atoms with Crippen LogP contribution in [0.15, 0.2) is 24.3 Å². The first-order valence-corrected chi connectivity index (χ1v) is 9.68. The SMILES string of the molecule is Cc1ccccc1N(CCC(=O)N1CCN(C=O)CC1)S(C)(=O)=O. The smallest absolute Gasteiger partial charge is 0.232 e. The van der Waals surface area contributed by atoms with Crippen molar-refractivity contribution < 1.29 is 18.0 Å². The highest BCUT2D eigenvalue weighted by molar-refractivity contribution is 7.92. The minimum absolute atomic E-state index is 0.0946. The molecule has 1 heterocycles. The molecule has 0 N–H and O–H groups in total. The molecule has 0 radical (unpaired) electrons. The number of piperazine rings is 1. The average molecular weight is 353 g/mol. The van der Waals surface area contributed by atoms with E-state index < -0.39 is 10.0 Å². The van der Waals surface area contributed by atoms with E-state index in [0.717, 1.165) is 18.2 Å². The third-order valence-electron chi connectivity index (χ3n) is 4.13. The lowest BCUT2D eigenvalue weighted by Gasteiger charge is -2.33. The van der Waals surface area contributed by atoms with E-state index in [0.29, 0.717) is 31.9 Å². The van der Waals surface area contributed by atoms with Gasteiger partial charge in [-0.2, -0.15) is 0 Å². The fourth-order valence-corrected chi connectivity index (χ4v) is 3.73. The standard InChI is InChI=1S/C16H23N3O4S/c1-14-5-3-4-6-15(14)19(24(2,22)23)8-7-16(21)18-11-9-17(13-20)10-12-18/h3-6,13H,7-12H2,1-2H3. The van der Waals surface area contributed by atoms with Crippen LogP contribution >= 0.6 is 0 Å². The molecule has 0 atom stereocenters. The van der Waals surface area contributed by atoms with Crippen LogP contribution in [0.3, 0.4) is 0 Å². The number of rotatable bonds is 6. The van der Waals surface area contributed by atoms with E-state index in [1.165, 1.54) is 4.31 Å². The van der Waals surface area contributed by atoms with Gasteiger partial charge in [-0.1, -0.05) is 18.2 Å². The van der Waals surface area contributed by atoms with Crippen LogP contribution in [0.5, 0.6) is 0 Å². The highest BCUT2D eigenvalue weighted by Crippen LogP contribution is 2.22. The van der Waals surface area contributed by atoms with Gasteiger partial charge in [0, 0.05) is 39.1 Å². The molecule has 1 aromatic rings. The number of sulfonamides is 1. The molecule has 1 aliphatic heterocycles. The lowest BCUT2D eigenvalue weighted by Crippen LogP contribution is -2.48. The molecule has 0 aliphatic carbocycles. The van der Waals surface area contributed by atoms with Crippen molar-refractivity contribution in [2.45, 2.75) is 13.3 Å². The van der Waals surface area contributed by atoms with Crippen molar-refractivity contribution in [3.05, 3.63) is 29.8 Å². The normalized spacial score (nSPS) is 15.2. The topological polar surface area (TPSA) is 78.0 Å². The van der Waals surface area contributed by atoms with Crippen molar-refractivity contribution in [2.75, 3.05) is 43.3 Å². The molecule has 2 amide bonds. The van der Waals surface area contributed by atoms with Crippen LogP contribution in [-0.4, -0.2) is 69.5 Å². The molecule has 1 saturated heterocycles. The summed E-state index contributed by atoms with van der Waals surface area (Å²) >= 11 is 0. The highest BCUT2D eigenvalue weighted by Gasteiger charge is 2.24. The van der Waals surface area contributed by atoms with Crippen LogP contribution in [0.1, 0.15) is 12.0 Å². The second kappa shape index (κ2) is 7.65. The summed E-state index contributed by atoms with van der Waals surface area (Å²) in [5, 5.41) is 0. The van der Waals surface area contributed by atoms with Gasteiger partial charge in [0.05, 0.1) is 11.9 Å². The summed E-state index contributed by atoms with van der Waals surface area (Å²) in [4.78, 5) is 26.3. The Morgan fingerprint density at radius 1 is 1.21 bits per heavy atom. The van der Waals surface area contributed by atoms with Crippen LogP contribution in [0, 0.1) is 6.92 Å². The van der Waals surface area contributed by atoms with Gasteiger partial charge in [0.15, 0.2) is 0 Å². The maximum Gasteiger partial charge on any atom is 0.232 e. The lowest BCUT2D eigenvalue weighted by molar-refractivity contribution is -0.134. The maximum atomic E-state index is 12.3. The minimum atomic E-state index is -3.47. The molecule has 24 heavy (non-hydrogen) atoms. The Hall–Kier alpha value is -2.09. The Labute approximate surface area is 142 Å². The van der Waals surface area contributed by atoms with E-state index >= 15 is 0 Å². The number of amides is 2. The van der Waals surface area contributed by atoms with E-state index in [1.54, 1.807) is 21.9 Å². The van der Waals surface area contributed by atoms with E-state index in [9.17, 15) is 18.0 Å². The highest BCUT2D eigenvalue weighted by atomic mass is 32.2. The van der Waals surface area contributed by atoms with Crippen molar-refractivity contribution >= 4 is 28.0 Å². The van der Waals surface area contributed by atoms with Crippen LogP contribution in [-0.2, 0) is 19.6 Å². The molecule has 0 spiro atoms. The monoisotopic (exact) mass is 353 g/mol. The number of anilines is 1. The molecular weight excluding hydrogens is 330 g/mol. The molecule has 0 aromatic heterocycles. The molecule has 132 valence electrons. The molecule has 7 nitrogen and oxygen atoms in total. The molecule has 8 heteroatoms. The predicted molar refractivity (Wildman–Crippen MR) is 92.2 cm³/mol. The molecule has 0 unspecified atom stereocenters. The molecular formula is C16H23N3O4S. The third-order valence-corrected chi connectivity index (χ3v) is 5.31. The van der Waals surface area contributed by atoms with Crippen molar-refractivity contribution in [3.8, 4) is 0 Å². The van der Waals surface area contributed by atoms with Gasteiger partial charge < -0.3 is 9.80 Å². The molecule has 1 fully saturated rings. The zero-order valence-corrected chi connectivity index (χ0v) is 14.8. The quantitative estimate of drug-likeness (QED) is 0.696. The van der Waals surface area contributed by atoms with Gasteiger partial charge in [0.1, 0.15) is 0 Å². The summed E-state index contributed by atoms with van der Waals surface area (Å²) in [5.41, 5.74) is 1.44. The molecule has 0 bridgehead atoms. The summed E-state index contributed by atoms with van der Waals surface area (Å²) in [5.74, 6) is -0.0946. The lowest BCUT2D eigenvalue weighted by atomic mass is 10.2. The summed E-state index contributed by atoms with van der Waals surface area (Å²) in [6, 6.07) is 7.20. The van der Waals surface area contributed by atoms with Crippen LogP contribution < -0.4 is 4.31 Å². The van der Waals surface area contributed by atoms with E-state index in [1.807, 2.05) is 19.1 Å². The number of carbonyl (C=O) groups is 2. The fourth-order valence-electron chi connectivity index (χ4n) is 2.74. The van der Waals surface area contributed by atoms with Crippen LogP contribution in [0.2, 0.25) is 0 Å². The number of para-hydroxylation sites is 1. The van der Waals surface area contributed by atoms with E-state index in [-0.39, 0.29) is 18.9 Å². The summed E-state index contributed by atoms with van der Waals surface area (Å²) in [6.07, 6.45) is 2.04. The van der Waals surface area contributed by atoms with Gasteiger partial charge >= 0.3 is 0 Å². The van der Waals surface area contributed by atoms with Gasteiger partial charge in [0.25, 0.3) is 0 Å². The summed E-state index contributed by atoms with van der Waals surface area (Å²) in [7, 11) is -3.47. The van der Waals surface area contributed by atoms with Gasteiger partial charge in [-0.15, -0.1) is 0 Å². The van der Waals surface area contributed by atoms with E-state index in [2.05, 4.69) is 0 Å². The van der Waals surface area contributed by atoms with Crippen molar-refractivity contribution in [3.63, 3.8) is 0 Å². The first-order chi connectivity index (χ1) is 11.3. The number of aryl methyl sites for hydroxylation is 1. The number of nitrogens with zero attached hydrogens (tertiary/aromatic N) is 3. The largest absolute Gasteiger partial charge is 0.342 e. The average Bonchev–Trinajstić information content (AvgIpc) is 2.55. The van der Waals surface area contributed by atoms with Crippen molar-refractivity contribution in [1.29, 1.82) is 0 Å². The Kier molecular flexibility index (Phi) is 5.82. The molecule has 1 aromatic carbocycles. The maximum absolute atomic E-state index is 12.3. The van der Waals surface area contributed by atoms with Crippen molar-refractivity contribution in [1.82, 2.24) is 9.80 Å². The number of hydrogen-bond donors (Lipinski definition) is 0. The Morgan fingerprint density at radius 2 is 1.83 bits per heavy atom. The number of hydrogen-bond acceptors (Lipinski definition) is 4. The van der Waals surface area contributed by atoms with Crippen molar-refractivity contribution in [2.24, 2.45) is 0 Å². The molecule has 1 aliphatic rings. The molecule has 2 rings (SSSR count). The third kappa shape index (κ3) is 4.47. The van der Waals surface area contributed by atoms with Gasteiger partial charge in [-0.05, 0) is 18.6 Å². The van der Waals surface area contributed by atoms with Crippen LogP contribution in [0.25, 0.3) is 0 Å². The Balaban J connectivity index is 2.03. The first kappa shape index (κ1) is 18.3. The number of benzene rings is 1. The second-order valence-electron chi connectivity index (χ2n) is 5.89.